The Balaban J connectivity index is 1.36. The van der Waals surface area contributed by atoms with E-state index in [4.69, 9.17) is 16.6 Å². The van der Waals surface area contributed by atoms with Gasteiger partial charge in [-0.05, 0) is 65.2 Å². The van der Waals surface area contributed by atoms with Crippen molar-refractivity contribution in [2.45, 2.75) is 24.8 Å². The number of carbonyl (C=O) groups excluding carboxylic acids is 1. The number of carboxylic acids is 1. The maximum absolute atomic E-state index is 13.9. The predicted octanol–water partition coefficient (Wildman–Crippen LogP) is 5.56. The molecule has 2 aromatic heterocycles. The molecule has 6 rings (SSSR count). The second-order valence-corrected chi connectivity index (χ2v) is 10.4. The van der Waals surface area contributed by atoms with Gasteiger partial charge in [-0.25, -0.2) is 9.78 Å². The maximum Gasteiger partial charge on any atom is 0.335 e. The van der Waals surface area contributed by atoms with Gasteiger partial charge in [0.25, 0.3) is 0 Å². The van der Waals surface area contributed by atoms with Crippen LogP contribution in [0.2, 0.25) is 5.02 Å². The van der Waals surface area contributed by atoms with Gasteiger partial charge in [0.05, 0.1) is 29.2 Å². The number of likely N-dealkylation sites (tertiary alicyclic amines) is 1. The minimum Gasteiger partial charge on any atom is -0.478 e. The van der Waals surface area contributed by atoms with Crippen molar-refractivity contribution in [3.63, 3.8) is 0 Å². The second kappa shape index (κ2) is 11.8. The predicted molar refractivity (Wildman–Crippen MR) is 157 cm³/mol. The van der Waals surface area contributed by atoms with E-state index in [1.807, 2.05) is 29.2 Å². The van der Waals surface area contributed by atoms with Gasteiger partial charge in [0.1, 0.15) is 12.2 Å². The Morgan fingerprint density at radius 3 is 2.69 bits per heavy atom. The molecular weight excluding hydrogens is 554 g/mol. The van der Waals surface area contributed by atoms with E-state index in [0.717, 1.165) is 18.4 Å². The summed E-state index contributed by atoms with van der Waals surface area (Å²) in [5, 5.41) is 21.4. The van der Waals surface area contributed by atoms with E-state index >= 15 is 0 Å². The number of halogens is 1. The molecule has 5 aromatic rings. The average Bonchev–Trinajstić information content (AvgIpc) is 3.73. The van der Waals surface area contributed by atoms with E-state index in [9.17, 15) is 14.7 Å². The number of H-pyrrole nitrogens is 1. The van der Waals surface area contributed by atoms with Crippen LogP contribution in [-0.4, -0.2) is 58.6 Å². The third kappa shape index (κ3) is 5.57. The first kappa shape index (κ1) is 27.1. The van der Waals surface area contributed by atoms with Crippen LogP contribution in [0.5, 0.6) is 0 Å². The molecule has 0 spiro atoms. The number of rotatable bonds is 7. The summed E-state index contributed by atoms with van der Waals surface area (Å²) in [6.45, 7) is 0.553. The first-order chi connectivity index (χ1) is 20.5. The van der Waals surface area contributed by atoms with Crippen LogP contribution in [0.4, 0.5) is 0 Å². The van der Waals surface area contributed by atoms with Crippen molar-refractivity contribution < 1.29 is 14.7 Å². The standard InChI is InChI=1S/C31H26ClN7O3/c32-24-12-13-27(39-19-34-36-37-39)22(17-24)11-14-28(40)38-15-5-10-25(20-6-2-1-3-7-20)29(38)30-33-18-26(35-30)21-8-4-9-23(16-21)31(41)42/h1-4,6-9,11-14,16-19,25,29H,5,10,15H2,(H,33,35)(H,41,42)/b14-11+/t25-,29-/m1/s1. The number of aromatic nitrogens is 6. The fourth-order valence-electron chi connectivity index (χ4n) is 5.48. The van der Waals surface area contributed by atoms with E-state index in [1.165, 1.54) is 11.0 Å². The van der Waals surface area contributed by atoms with E-state index in [-0.39, 0.29) is 23.4 Å². The molecule has 0 bridgehead atoms. The summed E-state index contributed by atoms with van der Waals surface area (Å²) in [4.78, 5) is 35.3. The Morgan fingerprint density at radius 2 is 1.90 bits per heavy atom. The van der Waals surface area contributed by atoms with Gasteiger partial charge in [0.2, 0.25) is 5.91 Å². The number of imidazole rings is 1. The first-order valence-corrected chi connectivity index (χ1v) is 13.8. The number of tetrazole rings is 1. The number of amides is 1. The number of piperidine rings is 1. The molecule has 2 atom stereocenters. The van der Waals surface area contributed by atoms with Crippen LogP contribution in [0.1, 0.15) is 52.1 Å². The number of nitrogens with zero attached hydrogens (tertiary/aromatic N) is 6. The molecule has 210 valence electrons. The lowest BCUT2D eigenvalue weighted by atomic mass is 9.83. The molecule has 1 saturated heterocycles. The van der Waals surface area contributed by atoms with Crippen LogP contribution in [0.25, 0.3) is 23.0 Å². The number of aromatic carboxylic acids is 1. The lowest BCUT2D eigenvalue weighted by molar-refractivity contribution is -0.130. The zero-order valence-electron chi connectivity index (χ0n) is 22.3. The monoisotopic (exact) mass is 579 g/mol. The molecule has 2 N–H and O–H groups in total. The number of hydrogen-bond donors (Lipinski definition) is 2. The zero-order chi connectivity index (χ0) is 29.1. The van der Waals surface area contributed by atoms with Crippen LogP contribution >= 0.6 is 11.6 Å². The molecule has 0 unspecified atom stereocenters. The lowest BCUT2D eigenvalue weighted by Crippen LogP contribution is -2.41. The summed E-state index contributed by atoms with van der Waals surface area (Å²) in [5.74, 6) is -0.531. The van der Waals surface area contributed by atoms with Crippen molar-refractivity contribution >= 4 is 29.6 Å². The zero-order valence-corrected chi connectivity index (χ0v) is 23.1. The molecule has 0 radical (unpaired) electrons. The topological polar surface area (TPSA) is 130 Å². The Hall–Kier alpha value is -5.09. The fourth-order valence-corrected chi connectivity index (χ4v) is 5.66. The van der Waals surface area contributed by atoms with Gasteiger partial charge in [-0.15, -0.1) is 5.10 Å². The molecule has 3 aromatic carbocycles. The van der Waals surface area contributed by atoms with Crippen LogP contribution in [-0.2, 0) is 4.79 Å². The normalized spacial score (nSPS) is 17.0. The highest BCUT2D eigenvalue weighted by Gasteiger charge is 2.37. The quantitative estimate of drug-likeness (QED) is 0.241. The number of hydrogen-bond acceptors (Lipinski definition) is 6. The summed E-state index contributed by atoms with van der Waals surface area (Å²) >= 11 is 6.28. The summed E-state index contributed by atoms with van der Waals surface area (Å²) < 4.78 is 1.51. The van der Waals surface area contributed by atoms with E-state index < -0.39 is 5.97 Å². The van der Waals surface area contributed by atoms with Gasteiger partial charge >= 0.3 is 5.97 Å². The van der Waals surface area contributed by atoms with Gasteiger partial charge in [-0.1, -0.05) is 54.1 Å². The van der Waals surface area contributed by atoms with Gasteiger partial charge in [-0.3, -0.25) is 4.79 Å². The Kier molecular flexibility index (Phi) is 7.61. The van der Waals surface area contributed by atoms with Gasteiger partial charge in [0, 0.05) is 34.7 Å². The smallest absolute Gasteiger partial charge is 0.335 e. The average molecular weight is 580 g/mol. The Labute approximate surface area is 246 Å². The molecule has 1 aliphatic heterocycles. The molecule has 1 amide bonds. The maximum atomic E-state index is 13.9. The summed E-state index contributed by atoms with van der Waals surface area (Å²) in [6, 6.07) is 21.7. The lowest BCUT2D eigenvalue weighted by Gasteiger charge is -2.40. The minimum atomic E-state index is -1.00. The molecule has 1 fully saturated rings. The van der Waals surface area contributed by atoms with Crippen molar-refractivity contribution in [2.24, 2.45) is 0 Å². The highest BCUT2D eigenvalue weighted by atomic mass is 35.5. The highest BCUT2D eigenvalue weighted by molar-refractivity contribution is 6.30. The van der Waals surface area contributed by atoms with Crippen molar-refractivity contribution in [3.05, 3.63) is 119 Å². The molecule has 3 heterocycles. The van der Waals surface area contributed by atoms with Crippen LogP contribution in [0, 0.1) is 0 Å². The fraction of sp³-hybridized carbons (Fsp3) is 0.161. The first-order valence-electron chi connectivity index (χ1n) is 13.4. The molecule has 0 aliphatic carbocycles. The van der Waals surface area contributed by atoms with Crippen LogP contribution in [0.15, 0.2) is 91.4 Å². The highest BCUT2D eigenvalue weighted by Crippen LogP contribution is 2.42. The van der Waals surface area contributed by atoms with Crippen molar-refractivity contribution in [2.75, 3.05) is 6.54 Å². The molecule has 42 heavy (non-hydrogen) atoms. The largest absolute Gasteiger partial charge is 0.478 e. The van der Waals surface area contributed by atoms with Crippen LogP contribution in [0.3, 0.4) is 0 Å². The number of carboxylic acid groups (broad SMARTS) is 1. The number of carbonyl (C=O) groups is 2. The van der Waals surface area contributed by atoms with Crippen molar-refractivity contribution in [1.82, 2.24) is 35.1 Å². The van der Waals surface area contributed by atoms with Crippen molar-refractivity contribution in [1.29, 1.82) is 0 Å². The Bertz CT molecular complexity index is 1750. The van der Waals surface area contributed by atoms with Crippen LogP contribution < -0.4 is 0 Å². The second-order valence-electron chi connectivity index (χ2n) is 9.99. The number of benzene rings is 3. The summed E-state index contributed by atoms with van der Waals surface area (Å²) in [5.41, 5.74) is 4.06. The summed E-state index contributed by atoms with van der Waals surface area (Å²) in [6.07, 6.45) is 8.14. The Morgan fingerprint density at radius 1 is 1.05 bits per heavy atom. The minimum absolute atomic E-state index is 0.00427. The van der Waals surface area contributed by atoms with Gasteiger partial charge < -0.3 is 15.0 Å². The third-order valence-corrected chi connectivity index (χ3v) is 7.66. The summed E-state index contributed by atoms with van der Waals surface area (Å²) in [7, 11) is 0. The number of nitrogens with one attached hydrogen (secondary N) is 1. The van der Waals surface area contributed by atoms with E-state index in [2.05, 4.69) is 32.6 Å². The molecular formula is C31H26ClN7O3. The van der Waals surface area contributed by atoms with E-state index in [1.54, 1.807) is 54.7 Å². The van der Waals surface area contributed by atoms with Gasteiger partial charge in [0.15, 0.2) is 0 Å². The molecule has 10 nitrogen and oxygen atoms in total. The SMILES string of the molecule is O=C(O)c1cccc(-c2cnc([C@H]3[C@@H](c4ccccc4)CCCN3C(=O)/C=C/c3cc(Cl)ccc3-n3cnnn3)[nH]2)c1. The molecule has 11 heteroatoms. The third-order valence-electron chi connectivity index (χ3n) is 7.43. The number of aromatic amines is 1. The van der Waals surface area contributed by atoms with E-state index in [0.29, 0.717) is 39.9 Å². The van der Waals surface area contributed by atoms with Crippen molar-refractivity contribution in [3.8, 4) is 16.9 Å². The molecule has 0 saturated carbocycles. The molecule has 1 aliphatic rings. The van der Waals surface area contributed by atoms with Gasteiger partial charge in [-0.2, -0.15) is 4.68 Å².